The van der Waals surface area contributed by atoms with Gasteiger partial charge < -0.3 is 19.7 Å². The molecule has 1 heterocycles. The van der Waals surface area contributed by atoms with E-state index in [4.69, 9.17) is 4.74 Å². The first-order valence-corrected chi connectivity index (χ1v) is 4.79. The largest absolute Gasteiger partial charge is 0.468 e. The van der Waals surface area contributed by atoms with Crippen molar-refractivity contribution in [2.75, 3.05) is 40.4 Å². The van der Waals surface area contributed by atoms with Crippen molar-refractivity contribution >= 4 is 11.9 Å². The molecule has 0 bridgehead atoms. The molecular formula is C9H16N2O4. The van der Waals surface area contributed by atoms with E-state index in [1.54, 1.807) is 7.05 Å². The molecule has 1 N–H and O–H groups in total. The van der Waals surface area contributed by atoms with Crippen LogP contribution in [0.2, 0.25) is 0 Å². The zero-order valence-electron chi connectivity index (χ0n) is 8.99. The normalized spacial score (nSPS) is 20.8. The molecule has 0 spiro atoms. The Morgan fingerprint density at radius 3 is 2.87 bits per heavy atom. The summed E-state index contributed by atoms with van der Waals surface area (Å²) in [6.07, 6.45) is -0.492. The molecule has 1 amide bonds. The molecule has 1 atom stereocenters. The van der Waals surface area contributed by atoms with Gasteiger partial charge in [0, 0.05) is 20.1 Å². The molecule has 1 aliphatic rings. The number of nitrogens with one attached hydrogen (secondary N) is 1. The summed E-state index contributed by atoms with van der Waals surface area (Å²) in [7, 11) is 2.84. The van der Waals surface area contributed by atoms with Gasteiger partial charge in [0.15, 0.2) is 0 Å². The van der Waals surface area contributed by atoms with Crippen molar-refractivity contribution in [2.45, 2.75) is 6.10 Å². The SMILES string of the molecule is COC(=O)CN(C)C(=O)C1CNCCO1. The fraction of sp³-hybridized carbons (Fsp3) is 0.778. The van der Waals surface area contributed by atoms with Gasteiger partial charge in [-0.25, -0.2) is 0 Å². The van der Waals surface area contributed by atoms with Crippen LogP contribution in [-0.4, -0.2) is 63.3 Å². The Labute approximate surface area is 88.5 Å². The predicted molar refractivity (Wildman–Crippen MR) is 52.3 cm³/mol. The molecule has 1 unspecified atom stereocenters. The number of carbonyl (C=O) groups is 2. The number of morpholine rings is 1. The van der Waals surface area contributed by atoms with E-state index in [1.807, 2.05) is 0 Å². The van der Waals surface area contributed by atoms with Gasteiger partial charge in [0.05, 0.1) is 13.7 Å². The Kier molecular flexibility index (Phi) is 4.51. The predicted octanol–water partition coefficient (Wildman–Crippen LogP) is -1.39. The quantitative estimate of drug-likeness (QED) is 0.588. The number of methoxy groups -OCH3 is 1. The van der Waals surface area contributed by atoms with E-state index in [2.05, 4.69) is 10.1 Å². The van der Waals surface area contributed by atoms with Gasteiger partial charge in [-0.1, -0.05) is 0 Å². The van der Waals surface area contributed by atoms with Crippen molar-refractivity contribution in [3.63, 3.8) is 0 Å². The van der Waals surface area contributed by atoms with Gasteiger partial charge >= 0.3 is 5.97 Å². The lowest BCUT2D eigenvalue weighted by Crippen LogP contribution is -2.49. The van der Waals surface area contributed by atoms with Crippen LogP contribution in [0.1, 0.15) is 0 Å². The summed E-state index contributed by atoms with van der Waals surface area (Å²) < 4.78 is 9.74. The third-order valence-electron chi connectivity index (χ3n) is 2.17. The van der Waals surface area contributed by atoms with E-state index < -0.39 is 12.1 Å². The van der Waals surface area contributed by atoms with E-state index >= 15 is 0 Å². The number of rotatable bonds is 3. The Morgan fingerprint density at radius 1 is 1.60 bits per heavy atom. The van der Waals surface area contributed by atoms with E-state index in [0.717, 1.165) is 6.54 Å². The van der Waals surface area contributed by atoms with Gasteiger partial charge in [0.25, 0.3) is 5.91 Å². The Morgan fingerprint density at radius 2 is 2.33 bits per heavy atom. The molecule has 0 aromatic carbocycles. The molecule has 0 aromatic rings. The maximum absolute atomic E-state index is 11.7. The van der Waals surface area contributed by atoms with Crippen LogP contribution in [0.5, 0.6) is 0 Å². The van der Waals surface area contributed by atoms with Crippen LogP contribution < -0.4 is 5.32 Å². The fourth-order valence-corrected chi connectivity index (χ4v) is 1.31. The van der Waals surface area contributed by atoms with Crippen LogP contribution >= 0.6 is 0 Å². The van der Waals surface area contributed by atoms with Crippen LogP contribution in [0.3, 0.4) is 0 Å². The molecule has 6 heteroatoms. The minimum Gasteiger partial charge on any atom is -0.468 e. The van der Waals surface area contributed by atoms with Crippen LogP contribution in [0.25, 0.3) is 0 Å². The van der Waals surface area contributed by atoms with Crippen LogP contribution in [0.4, 0.5) is 0 Å². The van der Waals surface area contributed by atoms with Gasteiger partial charge in [0.1, 0.15) is 12.6 Å². The van der Waals surface area contributed by atoms with E-state index in [0.29, 0.717) is 13.2 Å². The van der Waals surface area contributed by atoms with Gasteiger partial charge in [-0.05, 0) is 0 Å². The summed E-state index contributed by atoms with van der Waals surface area (Å²) >= 11 is 0. The minimum atomic E-state index is -0.492. The maximum atomic E-state index is 11.7. The summed E-state index contributed by atoms with van der Waals surface area (Å²) in [5.41, 5.74) is 0. The molecule has 0 aromatic heterocycles. The average Bonchev–Trinajstić information content (AvgIpc) is 2.29. The highest BCUT2D eigenvalue weighted by Crippen LogP contribution is 2.00. The number of likely N-dealkylation sites (N-methyl/N-ethyl adjacent to an activating group) is 1. The molecule has 0 aliphatic carbocycles. The topological polar surface area (TPSA) is 67.9 Å². The number of carbonyl (C=O) groups excluding carboxylic acids is 2. The molecule has 6 nitrogen and oxygen atoms in total. The van der Waals surface area contributed by atoms with Crippen molar-refractivity contribution in [3.05, 3.63) is 0 Å². The molecule has 0 radical (unpaired) electrons. The van der Waals surface area contributed by atoms with E-state index in [9.17, 15) is 9.59 Å². The molecule has 1 aliphatic heterocycles. The number of esters is 1. The fourth-order valence-electron chi connectivity index (χ4n) is 1.31. The number of hydrogen-bond acceptors (Lipinski definition) is 5. The standard InChI is InChI=1S/C9H16N2O4/c1-11(6-8(12)14-2)9(13)7-5-10-3-4-15-7/h7,10H,3-6H2,1-2H3. The smallest absolute Gasteiger partial charge is 0.325 e. The van der Waals surface area contributed by atoms with Crippen molar-refractivity contribution in [1.82, 2.24) is 10.2 Å². The first kappa shape index (κ1) is 11.9. The van der Waals surface area contributed by atoms with Crippen LogP contribution in [0.15, 0.2) is 0 Å². The van der Waals surface area contributed by atoms with Gasteiger partial charge in [-0.2, -0.15) is 0 Å². The first-order valence-electron chi connectivity index (χ1n) is 4.79. The summed E-state index contributed by atoms with van der Waals surface area (Å²) in [5.74, 6) is -0.637. The molecule has 1 fully saturated rings. The number of hydrogen-bond donors (Lipinski definition) is 1. The Hall–Kier alpha value is -1.14. The van der Waals surface area contributed by atoms with Crippen LogP contribution in [0, 0.1) is 0 Å². The summed E-state index contributed by atoms with van der Waals surface area (Å²) in [6, 6.07) is 0. The highest BCUT2D eigenvalue weighted by Gasteiger charge is 2.25. The summed E-state index contributed by atoms with van der Waals surface area (Å²) in [4.78, 5) is 23.9. The lowest BCUT2D eigenvalue weighted by Gasteiger charge is -2.26. The zero-order chi connectivity index (χ0) is 11.3. The minimum absolute atomic E-state index is 0.0464. The van der Waals surface area contributed by atoms with Gasteiger partial charge in [-0.15, -0.1) is 0 Å². The monoisotopic (exact) mass is 216 g/mol. The first-order chi connectivity index (χ1) is 7.15. The zero-order valence-corrected chi connectivity index (χ0v) is 8.99. The van der Waals surface area contributed by atoms with E-state index in [1.165, 1.54) is 12.0 Å². The van der Waals surface area contributed by atoms with Crippen molar-refractivity contribution in [1.29, 1.82) is 0 Å². The van der Waals surface area contributed by atoms with Crippen LogP contribution in [-0.2, 0) is 19.1 Å². The maximum Gasteiger partial charge on any atom is 0.325 e. The molecule has 15 heavy (non-hydrogen) atoms. The number of amides is 1. The molecule has 86 valence electrons. The van der Waals surface area contributed by atoms with Crippen molar-refractivity contribution in [3.8, 4) is 0 Å². The van der Waals surface area contributed by atoms with Gasteiger partial charge in [-0.3, -0.25) is 9.59 Å². The second-order valence-electron chi connectivity index (χ2n) is 3.33. The van der Waals surface area contributed by atoms with Gasteiger partial charge in [0.2, 0.25) is 0 Å². The number of nitrogens with zero attached hydrogens (tertiary/aromatic N) is 1. The highest BCUT2D eigenvalue weighted by molar-refractivity contribution is 5.85. The molecular weight excluding hydrogens is 200 g/mol. The highest BCUT2D eigenvalue weighted by atomic mass is 16.5. The average molecular weight is 216 g/mol. The van der Waals surface area contributed by atoms with E-state index in [-0.39, 0.29) is 12.5 Å². The second-order valence-corrected chi connectivity index (χ2v) is 3.33. The molecule has 1 saturated heterocycles. The summed E-state index contributed by atoms with van der Waals surface area (Å²) in [6.45, 7) is 1.71. The third kappa shape index (κ3) is 3.49. The molecule has 0 saturated carbocycles. The molecule has 1 rings (SSSR count). The van der Waals surface area contributed by atoms with Crippen molar-refractivity contribution in [2.24, 2.45) is 0 Å². The lowest BCUT2D eigenvalue weighted by atomic mass is 10.2. The Bertz CT molecular complexity index is 238. The Balaban J connectivity index is 2.40. The number of ether oxygens (including phenoxy) is 2. The second kappa shape index (κ2) is 5.67. The lowest BCUT2D eigenvalue weighted by molar-refractivity contribution is -0.151. The van der Waals surface area contributed by atoms with Crippen molar-refractivity contribution < 1.29 is 19.1 Å². The third-order valence-corrected chi connectivity index (χ3v) is 2.17. The summed E-state index contributed by atoms with van der Waals surface area (Å²) in [5, 5.41) is 3.05.